The molecule has 2 aromatic heterocycles. The summed E-state index contributed by atoms with van der Waals surface area (Å²) in [6.45, 7) is 5.82. The Hall–Kier alpha value is -1.48. The number of hydrogen-bond acceptors (Lipinski definition) is 3. The first kappa shape index (κ1) is 12.0. The van der Waals surface area contributed by atoms with Crippen LogP contribution in [0.1, 0.15) is 30.4 Å². The lowest BCUT2D eigenvalue weighted by molar-refractivity contribution is 0.0863. The minimum Gasteiger partial charge on any atom is -0.293 e. The van der Waals surface area contributed by atoms with E-state index in [1.54, 1.807) is 6.20 Å². The van der Waals surface area contributed by atoms with E-state index in [0.29, 0.717) is 0 Å². The molecule has 0 aromatic carbocycles. The molecule has 0 bridgehead atoms. The Kier molecular flexibility index (Phi) is 3.11. The van der Waals surface area contributed by atoms with Gasteiger partial charge < -0.3 is 0 Å². The lowest BCUT2D eigenvalue weighted by Gasteiger charge is -2.14. The highest BCUT2D eigenvalue weighted by atomic mass is 32.1. The van der Waals surface area contributed by atoms with Gasteiger partial charge in [-0.05, 0) is 24.3 Å². The topological polar surface area (TPSA) is 30.0 Å². The zero-order chi connectivity index (χ0) is 12.5. The SMILES string of the molecule is CC(C)(C)C(=O)c1ccc(-c2ccccn2)s1. The van der Waals surface area contributed by atoms with Crippen molar-refractivity contribution in [1.29, 1.82) is 0 Å². The summed E-state index contributed by atoms with van der Waals surface area (Å²) in [5.74, 6) is 0.185. The van der Waals surface area contributed by atoms with Gasteiger partial charge in [-0.3, -0.25) is 9.78 Å². The summed E-state index contributed by atoms with van der Waals surface area (Å²) in [5.41, 5.74) is 0.595. The van der Waals surface area contributed by atoms with E-state index in [9.17, 15) is 4.79 Å². The molecule has 0 N–H and O–H groups in total. The Bertz CT molecular complexity index is 523. The van der Waals surface area contributed by atoms with Crippen LogP contribution in [0.4, 0.5) is 0 Å². The summed E-state index contributed by atoms with van der Waals surface area (Å²) in [7, 11) is 0. The van der Waals surface area contributed by atoms with Crippen LogP contribution in [0.3, 0.4) is 0 Å². The normalized spacial score (nSPS) is 11.5. The molecule has 0 fully saturated rings. The van der Waals surface area contributed by atoms with Crippen molar-refractivity contribution >= 4 is 17.1 Å². The number of pyridine rings is 1. The van der Waals surface area contributed by atoms with Crippen LogP contribution in [0, 0.1) is 5.41 Å². The van der Waals surface area contributed by atoms with E-state index in [1.165, 1.54) is 11.3 Å². The number of hydrogen-bond donors (Lipinski definition) is 0. The molecule has 88 valence electrons. The van der Waals surface area contributed by atoms with Gasteiger partial charge in [0.25, 0.3) is 0 Å². The highest BCUT2D eigenvalue weighted by Crippen LogP contribution is 2.30. The van der Waals surface area contributed by atoms with Crippen LogP contribution >= 0.6 is 11.3 Å². The zero-order valence-corrected chi connectivity index (χ0v) is 11.0. The fourth-order valence-electron chi connectivity index (χ4n) is 1.48. The van der Waals surface area contributed by atoms with Gasteiger partial charge in [-0.2, -0.15) is 0 Å². The largest absolute Gasteiger partial charge is 0.293 e. The number of rotatable bonds is 2. The maximum atomic E-state index is 12.1. The first-order valence-corrected chi connectivity index (χ1v) is 6.36. The van der Waals surface area contributed by atoms with Crippen molar-refractivity contribution in [3.8, 4) is 10.6 Å². The van der Waals surface area contributed by atoms with Gasteiger partial charge in [0.05, 0.1) is 15.4 Å². The molecule has 0 unspecified atom stereocenters. The molecule has 2 rings (SSSR count). The van der Waals surface area contributed by atoms with Gasteiger partial charge in [-0.25, -0.2) is 0 Å². The number of carbonyl (C=O) groups excluding carboxylic acids is 1. The van der Waals surface area contributed by atoms with Gasteiger partial charge >= 0.3 is 0 Å². The van der Waals surface area contributed by atoms with E-state index in [2.05, 4.69) is 4.98 Å². The Morgan fingerprint density at radius 3 is 2.53 bits per heavy atom. The molecule has 2 nitrogen and oxygen atoms in total. The number of thiophene rings is 1. The molecular weight excluding hydrogens is 230 g/mol. The Balaban J connectivity index is 2.32. The van der Waals surface area contributed by atoms with Gasteiger partial charge in [0, 0.05) is 11.6 Å². The fourth-order valence-corrected chi connectivity index (χ4v) is 2.61. The highest BCUT2D eigenvalue weighted by Gasteiger charge is 2.24. The van der Waals surface area contributed by atoms with Gasteiger partial charge in [-0.1, -0.05) is 26.8 Å². The molecule has 3 heteroatoms. The lowest BCUT2D eigenvalue weighted by atomic mass is 9.90. The number of nitrogens with zero attached hydrogens (tertiary/aromatic N) is 1. The van der Waals surface area contributed by atoms with Crippen LogP contribution in [-0.4, -0.2) is 10.8 Å². The maximum Gasteiger partial charge on any atom is 0.178 e. The second kappa shape index (κ2) is 4.41. The number of Topliss-reactive ketones (excluding diaryl/α,β-unsaturated/α-hetero) is 1. The summed E-state index contributed by atoms with van der Waals surface area (Å²) in [4.78, 5) is 18.2. The molecule has 0 saturated carbocycles. The fraction of sp³-hybridized carbons (Fsp3) is 0.286. The van der Waals surface area contributed by atoms with Crippen molar-refractivity contribution in [3.63, 3.8) is 0 Å². The Morgan fingerprint density at radius 1 is 1.18 bits per heavy atom. The average Bonchev–Trinajstić information content (AvgIpc) is 2.77. The summed E-state index contributed by atoms with van der Waals surface area (Å²) in [5, 5.41) is 0. The lowest BCUT2D eigenvalue weighted by Crippen LogP contribution is -2.18. The van der Waals surface area contributed by atoms with Crippen LogP contribution in [0.2, 0.25) is 0 Å². The number of carbonyl (C=O) groups is 1. The third-order valence-electron chi connectivity index (χ3n) is 2.43. The van der Waals surface area contributed by atoms with Crippen LogP contribution in [0.5, 0.6) is 0 Å². The van der Waals surface area contributed by atoms with E-state index >= 15 is 0 Å². The van der Waals surface area contributed by atoms with Crippen LogP contribution in [0.15, 0.2) is 36.5 Å². The molecule has 0 spiro atoms. The summed E-state index contributed by atoms with van der Waals surface area (Å²) in [6, 6.07) is 9.65. The smallest absolute Gasteiger partial charge is 0.178 e. The molecule has 0 radical (unpaired) electrons. The Morgan fingerprint density at radius 2 is 1.94 bits per heavy atom. The molecular formula is C14H15NOS. The maximum absolute atomic E-state index is 12.1. The molecule has 2 aromatic rings. The molecule has 0 aliphatic heterocycles. The van der Waals surface area contributed by atoms with Crippen molar-refractivity contribution in [3.05, 3.63) is 41.4 Å². The summed E-state index contributed by atoms with van der Waals surface area (Å²) < 4.78 is 0. The second-order valence-corrected chi connectivity index (χ2v) is 6.04. The molecule has 17 heavy (non-hydrogen) atoms. The molecule has 0 aliphatic carbocycles. The van der Waals surface area contributed by atoms with Crippen LogP contribution in [0.25, 0.3) is 10.6 Å². The zero-order valence-electron chi connectivity index (χ0n) is 10.2. The highest BCUT2D eigenvalue weighted by molar-refractivity contribution is 7.17. The second-order valence-electron chi connectivity index (χ2n) is 4.96. The monoisotopic (exact) mass is 245 g/mol. The molecule has 0 atom stereocenters. The van der Waals surface area contributed by atoms with Crippen molar-refractivity contribution in [2.75, 3.05) is 0 Å². The number of aromatic nitrogens is 1. The van der Waals surface area contributed by atoms with Crippen LogP contribution in [-0.2, 0) is 0 Å². The molecule has 0 amide bonds. The van der Waals surface area contributed by atoms with E-state index in [-0.39, 0.29) is 11.2 Å². The van der Waals surface area contributed by atoms with Crippen molar-refractivity contribution in [2.24, 2.45) is 5.41 Å². The first-order valence-electron chi connectivity index (χ1n) is 5.54. The van der Waals surface area contributed by atoms with Gasteiger partial charge in [0.1, 0.15) is 0 Å². The Labute approximate surface area is 105 Å². The van der Waals surface area contributed by atoms with Gasteiger partial charge in [-0.15, -0.1) is 11.3 Å². The molecule has 0 aliphatic rings. The summed E-state index contributed by atoms with van der Waals surface area (Å²) in [6.07, 6.45) is 1.76. The number of ketones is 1. The minimum absolute atomic E-state index is 0.185. The standard InChI is InChI=1S/C14H15NOS/c1-14(2,3)13(16)12-8-7-11(17-12)10-6-4-5-9-15-10/h4-9H,1-3H3. The van der Waals surface area contributed by atoms with Crippen molar-refractivity contribution in [2.45, 2.75) is 20.8 Å². The predicted octanol–water partition coefficient (Wildman–Crippen LogP) is 4.04. The van der Waals surface area contributed by atoms with E-state index in [1.807, 2.05) is 51.1 Å². The van der Waals surface area contributed by atoms with E-state index < -0.39 is 0 Å². The van der Waals surface area contributed by atoms with Gasteiger partial charge in [0.15, 0.2) is 5.78 Å². The molecule has 2 heterocycles. The van der Waals surface area contributed by atoms with E-state index in [0.717, 1.165) is 15.4 Å². The first-order chi connectivity index (χ1) is 7.98. The minimum atomic E-state index is -0.327. The van der Waals surface area contributed by atoms with Crippen molar-refractivity contribution in [1.82, 2.24) is 4.98 Å². The van der Waals surface area contributed by atoms with Crippen molar-refractivity contribution < 1.29 is 4.79 Å². The van der Waals surface area contributed by atoms with Crippen LogP contribution < -0.4 is 0 Å². The molecule has 0 saturated heterocycles. The summed E-state index contributed by atoms with van der Waals surface area (Å²) >= 11 is 1.51. The third-order valence-corrected chi connectivity index (χ3v) is 3.53. The predicted molar refractivity (Wildman–Crippen MR) is 71.3 cm³/mol. The quantitative estimate of drug-likeness (QED) is 0.747. The van der Waals surface area contributed by atoms with E-state index in [4.69, 9.17) is 0 Å². The average molecular weight is 245 g/mol. The third kappa shape index (κ3) is 2.61. The van der Waals surface area contributed by atoms with Gasteiger partial charge in [0.2, 0.25) is 0 Å².